The Hall–Kier alpha value is -1.28. The van der Waals surface area contributed by atoms with Gasteiger partial charge in [0, 0.05) is 5.33 Å². The van der Waals surface area contributed by atoms with E-state index in [0.717, 1.165) is 16.8 Å². The summed E-state index contributed by atoms with van der Waals surface area (Å²) in [6.45, 7) is 2.08. The third kappa shape index (κ3) is 2.45. The van der Waals surface area contributed by atoms with Crippen molar-refractivity contribution in [3.05, 3.63) is 59.7 Å². The Kier molecular flexibility index (Phi) is 3.62. The summed E-state index contributed by atoms with van der Waals surface area (Å²) in [5.74, 6) is 1.79. The molecule has 2 rings (SSSR count). The van der Waals surface area contributed by atoms with Gasteiger partial charge in [0.2, 0.25) is 0 Å². The van der Waals surface area contributed by atoms with E-state index in [4.69, 9.17) is 4.74 Å². The van der Waals surface area contributed by atoms with Crippen LogP contribution < -0.4 is 4.74 Å². The Balaban J connectivity index is 2.28. The maximum atomic E-state index is 5.83. The van der Waals surface area contributed by atoms with Gasteiger partial charge in [-0.15, -0.1) is 0 Å². The van der Waals surface area contributed by atoms with Gasteiger partial charge in [-0.1, -0.05) is 46.3 Å². The van der Waals surface area contributed by atoms with Gasteiger partial charge in [-0.3, -0.25) is 0 Å². The van der Waals surface area contributed by atoms with E-state index in [1.165, 1.54) is 11.1 Å². The van der Waals surface area contributed by atoms with Crippen molar-refractivity contribution in [3.8, 4) is 11.5 Å². The highest BCUT2D eigenvalue weighted by Gasteiger charge is 2.04. The molecule has 82 valence electrons. The molecule has 0 spiro atoms. The molecule has 0 saturated heterocycles. The van der Waals surface area contributed by atoms with E-state index < -0.39 is 0 Å². The zero-order valence-corrected chi connectivity index (χ0v) is 10.7. The zero-order chi connectivity index (χ0) is 11.4. The first-order valence-electron chi connectivity index (χ1n) is 5.18. The van der Waals surface area contributed by atoms with Gasteiger partial charge in [0.15, 0.2) is 0 Å². The molecule has 0 aliphatic carbocycles. The molecule has 0 aromatic heterocycles. The lowest BCUT2D eigenvalue weighted by Gasteiger charge is -2.10. The van der Waals surface area contributed by atoms with Crippen molar-refractivity contribution in [2.75, 3.05) is 0 Å². The Morgan fingerprint density at radius 1 is 1.00 bits per heavy atom. The summed E-state index contributed by atoms with van der Waals surface area (Å²) in [6, 6.07) is 15.9. The molecule has 0 fully saturated rings. The Bertz CT molecular complexity index is 465. The third-order valence-corrected chi connectivity index (χ3v) is 3.12. The van der Waals surface area contributed by atoms with Gasteiger partial charge in [-0.2, -0.15) is 0 Å². The van der Waals surface area contributed by atoms with E-state index >= 15 is 0 Å². The molecule has 0 amide bonds. The molecule has 0 saturated carbocycles. The number of para-hydroxylation sites is 1. The van der Waals surface area contributed by atoms with Crippen molar-refractivity contribution in [2.45, 2.75) is 12.3 Å². The van der Waals surface area contributed by atoms with E-state index in [2.05, 4.69) is 28.9 Å². The van der Waals surface area contributed by atoms with Crippen LogP contribution in [0.3, 0.4) is 0 Å². The van der Waals surface area contributed by atoms with Crippen LogP contribution in [0.15, 0.2) is 48.5 Å². The van der Waals surface area contributed by atoms with Gasteiger partial charge in [0.05, 0.1) is 0 Å². The summed E-state index contributed by atoms with van der Waals surface area (Å²) in [5.41, 5.74) is 2.44. The average molecular weight is 277 g/mol. The minimum atomic E-state index is 0.852. The number of hydrogen-bond donors (Lipinski definition) is 0. The highest BCUT2D eigenvalue weighted by Crippen LogP contribution is 2.27. The van der Waals surface area contributed by atoms with Gasteiger partial charge in [-0.25, -0.2) is 0 Å². The SMILES string of the molecule is Cc1c(CBr)cccc1Oc1ccccc1. The second kappa shape index (κ2) is 5.17. The predicted molar refractivity (Wildman–Crippen MR) is 70.3 cm³/mol. The van der Waals surface area contributed by atoms with Crippen molar-refractivity contribution in [1.82, 2.24) is 0 Å². The minimum absolute atomic E-state index is 0.852. The van der Waals surface area contributed by atoms with Crippen molar-refractivity contribution in [2.24, 2.45) is 0 Å². The number of benzene rings is 2. The lowest BCUT2D eigenvalue weighted by atomic mass is 10.1. The Morgan fingerprint density at radius 2 is 1.75 bits per heavy atom. The largest absolute Gasteiger partial charge is 0.457 e. The second-order valence-electron chi connectivity index (χ2n) is 3.59. The summed E-state index contributed by atoms with van der Waals surface area (Å²) in [5, 5.41) is 0.852. The van der Waals surface area contributed by atoms with Gasteiger partial charge in [-0.05, 0) is 36.2 Å². The fourth-order valence-corrected chi connectivity index (χ4v) is 2.14. The molecule has 2 aromatic carbocycles. The van der Waals surface area contributed by atoms with Crippen molar-refractivity contribution < 1.29 is 4.74 Å². The molecule has 0 radical (unpaired) electrons. The monoisotopic (exact) mass is 276 g/mol. The number of hydrogen-bond acceptors (Lipinski definition) is 1. The van der Waals surface area contributed by atoms with E-state index in [1.54, 1.807) is 0 Å². The molecule has 0 N–H and O–H groups in total. The van der Waals surface area contributed by atoms with E-state index in [1.807, 2.05) is 42.5 Å². The van der Waals surface area contributed by atoms with Crippen LogP contribution in [-0.4, -0.2) is 0 Å². The second-order valence-corrected chi connectivity index (χ2v) is 4.15. The molecular formula is C14H13BrO. The van der Waals surface area contributed by atoms with Crippen LogP contribution in [0.1, 0.15) is 11.1 Å². The van der Waals surface area contributed by atoms with Gasteiger partial charge in [0.1, 0.15) is 11.5 Å². The van der Waals surface area contributed by atoms with Crippen molar-refractivity contribution in [1.29, 1.82) is 0 Å². The van der Waals surface area contributed by atoms with Crippen LogP contribution in [0.5, 0.6) is 11.5 Å². The fourth-order valence-electron chi connectivity index (χ4n) is 1.53. The van der Waals surface area contributed by atoms with Gasteiger partial charge in [0.25, 0.3) is 0 Å². The third-order valence-electron chi connectivity index (χ3n) is 2.51. The first kappa shape index (κ1) is 11.2. The molecule has 16 heavy (non-hydrogen) atoms. The number of alkyl halides is 1. The smallest absolute Gasteiger partial charge is 0.130 e. The topological polar surface area (TPSA) is 9.23 Å². The highest BCUT2D eigenvalue weighted by molar-refractivity contribution is 9.08. The summed E-state index contributed by atoms with van der Waals surface area (Å²) >= 11 is 3.47. The lowest BCUT2D eigenvalue weighted by Crippen LogP contribution is -1.91. The minimum Gasteiger partial charge on any atom is -0.457 e. The molecule has 0 aliphatic heterocycles. The maximum Gasteiger partial charge on any atom is 0.130 e. The first-order chi connectivity index (χ1) is 7.81. The zero-order valence-electron chi connectivity index (χ0n) is 9.11. The molecule has 0 unspecified atom stereocenters. The summed E-state index contributed by atoms with van der Waals surface area (Å²) in [7, 11) is 0. The molecule has 0 atom stereocenters. The summed E-state index contributed by atoms with van der Waals surface area (Å²) in [4.78, 5) is 0. The number of halogens is 1. The molecule has 2 aromatic rings. The van der Waals surface area contributed by atoms with Crippen molar-refractivity contribution >= 4 is 15.9 Å². The van der Waals surface area contributed by atoms with E-state index in [9.17, 15) is 0 Å². The summed E-state index contributed by atoms with van der Waals surface area (Å²) < 4.78 is 5.83. The summed E-state index contributed by atoms with van der Waals surface area (Å²) in [6.07, 6.45) is 0. The van der Waals surface area contributed by atoms with E-state index in [-0.39, 0.29) is 0 Å². The number of rotatable bonds is 3. The van der Waals surface area contributed by atoms with Crippen LogP contribution >= 0.6 is 15.9 Å². The van der Waals surface area contributed by atoms with Crippen LogP contribution in [0.2, 0.25) is 0 Å². The van der Waals surface area contributed by atoms with Crippen molar-refractivity contribution in [3.63, 3.8) is 0 Å². The first-order valence-corrected chi connectivity index (χ1v) is 6.31. The number of ether oxygens (including phenoxy) is 1. The maximum absolute atomic E-state index is 5.83. The molecule has 2 heteroatoms. The van der Waals surface area contributed by atoms with E-state index in [0.29, 0.717) is 0 Å². The molecule has 0 heterocycles. The van der Waals surface area contributed by atoms with Crippen LogP contribution in [0.25, 0.3) is 0 Å². The predicted octanol–water partition coefficient (Wildman–Crippen LogP) is 4.68. The molecule has 0 bridgehead atoms. The van der Waals surface area contributed by atoms with Crippen LogP contribution in [0.4, 0.5) is 0 Å². The quantitative estimate of drug-likeness (QED) is 0.740. The Labute approximate surface area is 104 Å². The van der Waals surface area contributed by atoms with Crippen LogP contribution in [-0.2, 0) is 5.33 Å². The Morgan fingerprint density at radius 3 is 2.44 bits per heavy atom. The molecule has 1 nitrogen and oxygen atoms in total. The standard InChI is InChI=1S/C14H13BrO/c1-11-12(10-15)6-5-9-14(11)16-13-7-3-2-4-8-13/h2-9H,10H2,1H3. The van der Waals surface area contributed by atoms with Gasteiger partial charge >= 0.3 is 0 Å². The molecule has 0 aliphatic rings. The molecular weight excluding hydrogens is 264 g/mol. The lowest BCUT2D eigenvalue weighted by molar-refractivity contribution is 0.478. The van der Waals surface area contributed by atoms with Gasteiger partial charge < -0.3 is 4.74 Å². The fraction of sp³-hybridized carbons (Fsp3) is 0.143. The average Bonchev–Trinajstić information content (AvgIpc) is 2.33. The van der Waals surface area contributed by atoms with Crippen LogP contribution in [0, 0.1) is 6.92 Å². The normalized spacial score (nSPS) is 10.1. The highest BCUT2D eigenvalue weighted by atomic mass is 79.9.